The van der Waals surface area contributed by atoms with E-state index >= 15 is 0 Å². The first kappa shape index (κ1) is 13.4. The molecule has 1 atom stereocenters. The van der Waals surface area contributed by atoms with Crippen molar-refractivity contribution in [3.05, 3.63) is 29.3 Å². The molecule has 0 aliphatic carbocycles. The number of aryl methyl sites for hydroxylation is 1. The Hall–Kier alpha value is -1.07. The second-order valence-corrected chi connectivity index (χ2v) is 6.95. The van der Waals surface area contributed by atoms with Crippen molar-refractivity contribution in [1.82, 2.24) is 5.32 Å². The van der Waals surface area contributed by atoms with Gasteiger partial charge in [-0.25, -0.2) is 8.42 Å². The Balaban J connectivity index is 2.37. The third-order valence-electron chi connectivity index (χ3n) is 3.20. The molecule has 1 heterocycles. The fourth-order valence-electron chi connectivity index (χ4n) is 2.29. The highest BCUT2D eigenvalue weighted by Gasteiger charge is 2.25. The Bertz CT molecular complexity index is 525. The van der Waals surface area contributed by atoms with Crippen molar-refractivity contribution >= 4 is 9.84 Å². The molecular formula is C13H19NO3S. The summed E-state index contributed by atoms with van der Waals surface area (Å²) in [5, 5.41) is 3.30. The summed E-state index contributed by atoms with van der Waals surface area (Å²) in [5.74, 6) is 1.16. The van der Waals surface area contributed by atoms with Gasteiger partial charge < -0.3 is 10.1 Å². The summed E-state index contributed by atoms with van der Waals surface area (Å²) in [4.78, 5) is 0. The molecule has 1 aromatic rings. The zero-order valence-corrected chi connectivity index (χ0v) is 11.6. The van der Waals surface area contributed by atoms with Crippen molar-refractivity contribution in [2.45, 2.75) is 19.4 Å². The summed E-state index contributed by atoms with van der Waals surface area (Å²) in [6.07, 6.45) is 0.674. The zero-order valence-electron chi connectivity index (χ0n) is 10.8. The average molecular weight is 269 g/mol. The minimum atomic E-state index is -2.97. The van der Waals surface area contributed by atoms with Crippen LogP contribution in [0.1, 0.15) is 23.6 Å². The quantitative estimate of drug-likeness (QED) is 0.883. The van der Waals surface area contributed by atoms with E-state index in [0.717, 1.165) is 23.4 Å². The van der Waals surface area contributed by atoms with E-state index in [1.165, 1.54) is 0 Å². The lowest BCUT2D eigenvalue weighted by Crippen LogP contribution is -2.25. The number of ether oxygens (including phenoxy) is 1. The first-order valence-electron chi connectivity index (χ1n) is 6.10. The summed E-state index contributed by atoms with van der Waals surface area (Å²) in [6, 6.07) is 5.68. The van der Waals surface area contributed by atoms with Crippen LogP contribution in [0, 0.1) is 6.92 Å². The maximum atomic E-state index is 11.9. The third-order valence-corrected chi connectivity index (χ3v) is 4.96. The van der Waals surface area contributed by atoms with Crippen molar-refractivity contribution in [3.63, 3.8) is 0 Å². The van der Waals surface area contributed by atoms with Gasteiger partial charge in [0.25, 0.3) is 0 Å². The molecule has 1 N–H and O–H groups in total. The third kappa shape index (κ3) is 3.03. The molecule has 0 saturated carbocycles. The van der Waals surface area contributed by atoms with Crippen LogP contribution in [0.3, 0.4) is 0 Å². The van der Waals surface area contributed by atoms with Crippen LogP contribution in [0.25, 0.3) is 0 Å². The molecule has 1 aromatic carbocycles. The van der Waals surface area contributed by atoms with Gasteiger partial charge in [-0.2, -0.15) is 0 Å². The van der Waals surface area contributed by atoms with E-state index in [-0.39, 0.29) is 17.5 Å². The Kier molecular flexibility index (Phi) is 3.92. The molecule has 1 aliphatic heterocycles. The smallest absolute Gasteiger partial charge is 0.152 e. The van der Waals surface area contributed by atoms with Crippen LogP contribution in [0.15, 0.2) is 18.2 Å². The largest absolute Gasteiger partial charge is 0.496 e. The van der Waals surface area contributed by atoms with Gasteiger partial charge in [-0.05, 0) is 26.0 Å². The summed E-state index contributed by atoms with van der Waals surface area (Å²) in [6.45, 7) is 2.72. The van der Waals surface area contributed by atoms with Crippen molar-refractivity contribution in [2.75, 3.05) is 25.2 Å². The monoisotopic (exact) mass is 269 g/mol. The molecule has 1 unspecified atom stereocenters. The molecule has 4 nitrogen and oxygen atoms in total. The summed E-state index contributed by atoms with van der Waals surface area (Å²) in [5.41, 5.74) is 2.04. The van der Waals surface area contributed by atoms with Crippen LogP contribution < -0.4 is 10.1 Å². The van der Waals surface area contributed by atoms with Crippen LogP contribution in [-0.2, 0) is 9.84 Å². The molecule has 18 heavy (non-hydrogen) atoms. The molecule has 0 radical (unpaired) electrons. The van der Waals surface area contributed by atoms with Crippen LogP contribution in [0.5, 0.6) is 5.75 Å². The van der Waals surface area contributed by atoms with Gasteiger partial charge in [0.1, 0.15) is 5.75 Å². The van der Waals surface area contributed by atoms with E-state index in [4.69, 9.17) is 4.74 Å². The normalized spacial score (nSPS) is 23.3. The lowest BCUT2D eigenvalue weighted by atomic mass is 10.0. The number of rotatable bonds is 2. The first-order chi connectivity index (χ1) is 8.52. The lowest BCUT2D eigenvalue weighted by Gasteiger charge is -2.19. The average Bonchev–Trinajstić information content (AvgIpc) is 2.50. The van der Waals surface area contributed by atoms with Crippen molar-refractivity contribution in [2.24, 2.45) is 0 Å². The first-order valence-corrected chi connectivity index (χ1v) is 7.92. The lowest BCUT2D eigenvalue weighted by molar-refractivity contribution is 0.402. The molecule has 0 spiro atoms. The second kappa shape index (κ2) is 5.28. The highest BCUT2D eigenvalue weighted by molar-refractivity contribution is 7.91. The van der Waals surface area contributed by atoms with Gasteiger partial charge in [0.05, 0.1) is 18.6 Å². The molecule has 0 amide bonds. The second-order valence-electron chi connectivity index (χ2n) is 4.72. The van der Waals surface area contributed by atoms with Crippen molar-refractivity contribution < 1.29 is 13.2 Å². The van der Waals surface area contributed by atoms with E-state index in [9.17, 15) is 8.42 Å². The van der Waals surface area contributed by atoms with E-state index in [0.29, 0.717) is 6.42 Å². The fraction of sp³-hybridized carbons (Fsp3) is 0.538. The fourth-order valence-corrected chi connectivity index (χ4v) is 3.85. The van der Waals surface area contributed by atoms with E-state index in [1.54, 1.807) is 7.11 Å². The molecule has 1 fully saturated rings. The van der Waals surface area contributed by atoms with Gasteiger partial charge in [-0.15, -0.1) is 0 Å². The zero-order chi connectivity index (χ0) is 13.2. The van der Waals surface area contributed by atoms with Crippen molar-refractivity contribution in [3.8, 4) is 5.75 Å². The van der Waals surface area contributed by atoms with Crippen LogP contribution in [0.2, 0.25) is 0 Å². The minimum Gasteiger partial charge on any atom is -0.496 e. The number of hydrogen-bond donors (Lipinski definition) is 1. The number of sulfone groups is 1. The van der Waals surface area contributed by atoms with Gasteiger partial charge in [0.2, 0.25) is 0 Å². The number of hydrogen-bond acceptors (Lipinski definition) is 4. The van der Waals surface area contributed by atoms with Crippen LogP contribution in [0.4, 0.5) is 0 Å². The maximum Gasteiger partial charge on any atom is 0.152 e. The summed E-state index contributed by atoms with van der Waals surface area (Å²) in [7, 11) is -1.36. The molecule has 0 bridgehead atoms. The number of nitrogens with one attached hydrogen (secondary N) is 1. The van der Waals surface area contributed by atoms with Gasteiger partial charge in [0, 0.05) is 11.6 Å². The van der Waals surface area contributed by atoms with E-state index in [1.807, 2.05) is 25.1 Å². The molecule has 5 heteroatoms. The molecule has 1 saturated heterocycles. The highest BCUT2D eigenvalue weighted by atomic mass is 32.2. The van der Waals surface area contributed by atoms with Crippen LogP contribution in [-0.4, -0.2) is 33.6 Å². The predicted molar refractivity (Wildman–Crippen MR) is 71.7 cm³/mol. The molecule has 0 aromatic heterocycles. The van der Waals surface area contributed by atoms with E-state index < -0.39 is 9.84 Å². The Morgan fingerprint density at radius 2 is 2.17 bits per heavy atom. The topological polar surface area (TPSA) is 55.4 Å². The SMILES string of the molecule is COc1ccc(C)cc1C1CS(=O)(=O)CCCN1. The highest BCUT2D eigenvalue weighted by Crippen LogP contribution is 2.28. The summed E-state index contributed by atoms with van der Waals surface area (Å²) >= 11 is 0. The standard InChI is InChI=1S/C13H19NO3S/c1-10-4-5-13(17-2)11(8-10)12-9-18(15,16)7-3-6-14-12/h4-5,8,12,14H,3,6-7,9H2,1-2H3. The van der Waals surface area contributed by atoms with Gasteiger partial charge in [-0.1, -0.05) is 17.7 Å². The molecule has 100 valence electrons. The van der Waals surface area contributed by atoms with Crippen LogP contribution >= 0.6 is 0 Å². The van der Waals surface area contributed by atoms with Gasteiger partial charge in [-0.3, -0.25) is 0 Å². The minimum absolute atomic E-state index is 0.146. The van der Waals surface area contributed by atoms with E-state index in [2.05, 4.69) is 5.32 Å². The molecule has 2 rings (SSSR count). The van der Waals surface area contributed by atoms with Gasteiger partial charge >= 0.3 is 0 Å². The Labute approximate surface area is 108 Å². The molecular weight excluding hydrogens is 250 g/mol. The number of benzene rings is 1. The Morgan fingerprint density at radius 3 is 2.89 bits per heavy atom. The number of methoxy groups -OCH3 is 1. The molecule has 1 aliphatic rings. The summed E-state index contributed by atoms with van der Waals surface area (Å²) < 4.78 is 29.0. The Morgan fingerprint density at radius 1 is 1.39 bits per heavy atom. The predicted octanol–water partition coefficient (Wildman–Crippen LogP) is 1.45. The van der Waals surface area contributed by atoms with Gasteiger partial charge in [0.15, 0.2) is 9.84 Å². The van der Waals surface area contributed by atoms with Crippen molar-refractivity contribution in [1.29, 1.82) is 0 Å². The maximum absolute atomic E-state index is 11.9.